The zero-order valence-corrected chi connectivity index (χ0v) is 21.8. The monoisotopic (exact) mass is 464 g/mol. The number of rotatable bonds is 6. The molecule has 0 bridgehead atoms. The standard InChI is InChI=1S/C24H40N2O5Si/c1-22(2,3)24(31-32(7,8)23(4,5)6)17-26(21(28)29)15-19(24)14-25-20(27)30-16-18-12-10-9-11-13-18/h9-13,19H,14-17H2,1-8H3,(H,25,27)(H,28,29)/t19-,24+/m0/s1. The minimum atomic E-state index is -2.24. The zero-order valence-electron chi connectivity index (χ0n) is 20.8. The lowest BCUT2D eigenvalue weighted by Gasteiger charge is -2.52. The van der Waals surface area contributed by atoms with Gasteiger partial charge in [0.2, 0.25) is 0 Å². The van der Waals surface area contributed by atoms with Crippen molar-refractivity contribution < 1.29 is 23.9 Å². The summed E-state index contributed by atoms with van der Waals surface area (Å²) in [6, 6.07) is 9.49. The summed E-state index contributed by atoms with van der Waals surface area (Å²) in [6.45, 7) is 18.2. The average molecular weight is 465 g/mol. The summed E-state index contributed by atoms with van der Waals surface area (Å²) in [7, 11) is -2.24. The average Bonchev–Trinajstić information content (AvgIpc) is 3.04. The molecule has 1 heterocycles. The van der Waals surface area contributed by atoms with E-state index >= 15 is 0 Å². The molecule has 2 amide bonds. The van der Waals surface area contributed by atoms with Gasteiger partial charge in [0.15, 0.2) is 8.32 Å². The molecular formula is C24H40N2O5Si. The Morgan fingerprint density at radius 3 is 2.25 bits per heavy atom. The molecule has 1 saturated heterocycles. The Hall–Kier alpha value is -2.06. The molecule has 2 atom stereocenters. The summed E-state index contributed by atoms with van der Waals surface area (Å²) in [6.07, 6.45) is -1.48. The Balaban J connectivity index is 2.22. The molecule has 2 N–H and O–H groups in total. The summed E-state index contributed by atoms with van der Waals surface area (Å²) in [5, 5.41) is 12.6. The Labute approximate surface area is 193 Å². The molecule has 7 nitrogen and oxygen atoms in total. The van der Waals surface area contributed by atoms with Crippen LogP contribution in [0.2, 0.25) is 18.1 Å². The first-order valence-corrected chi connectivity index (χ1v) is 14.1. The first-order chi connectivity index (χ1) is 14.6. The van der Waals surface area contributed by atoms with Gasteiger partial charge in [0, 0.05) is 19.0 Å². The van der Waals surface area contributed by atoms with Crippen molar-refractivity contribution in [2.45, 2.75) is 71.9 Å². The van der Waals surface area contributed by atoms with Gasteiger partial charge in [-0.15, -0.1) is 0 Å². The SMILES string of the molecule is CC(C)(C)[C@@]1(O[Si](C)(C)C(C)(C)C)CN(C(=O)O)C[C@@H]1CNC(=O)OCc1ccccc1. The highest BCUT2D eigenvalue weighted by molar-refractivity contribution is 6.74. The summed E-state index contributed by atoms with van der Waals surface area (Å²) in [5.41, 5.74) is -0.153. The van der Waals surface area contributed by atoms with Crippen LogP contribution in [0.25, 0.3) is 0 Å². The van der Waals surface area contributed by atoms with Crippen LogP contribution in [-0.4, -0.2) is 55.7 Å². The molecule has 1 fully saturated rings. The maximum absolute atomic E-state index is 12.4. The molecule has 1 aliphatic heterocycles. The zero-order chi connectivity index (χ0) is 24.4. The molecule has 1 aliphatic rings. The number of carbonyl (C=O) groups is 2. The van der Waals surface area contributed by atoms with Gasteiger partial charge >= 0.3 is 12.2 Å². The van der Waals surface area contributed by atoms with E-state index in [2.05, 4.69) is 60.0 Å². The number of amides is 2. The predicted octanol–water partition coefficient (Wildman–Crippen LogP) is 5.33. The van der Waals surface area contributed by atoms with Gasteiger partial charge in [-0.05, 0) is 29.1 Å². The highest BCUT2D eigenvalue weighted by atomic mass is 28.4. The van der Waals surface area contributed by atoms with Crippen LogP contribution < -0.4 is 5.32 Å². The van der Waals surface area contributed by atoms with Crippen LogP contribution in [0.1, 0.15) is 47.1 Å². The van der Waals surface area contributed by atoms with Crippen LogP contribution in [0.3, 0.4) is 0 Å². The quantitative estimate of drug-likeness (QED) is 0.556. The number of ether oxygens (including phenoxy) is 1. The fraction of sp³-hybridized carbons (Fsp3) is 0.667. The lowest BCUT2D eigenvalue weighted by atomic mass is 9.70. The van der Waals surface area contributed by atoms with E-state index in [-0.39, 0.29) is 36.1 Å². The van der Waals surface area contributed by atoms with Crippen molar-refractivity contribution in [1.29, 1.82) is 0 Å². The normalized spacial score (nSPS) is 22.0. The minimum Gasteiger partial charge on any atom is -0.465 e. The molecule has 0 radical (unpaired) electrons. The molecule has 32 heavy (non-hydrogen) atoms. The number of carbonyl (C=O) groups excluding carboxylic acids is 1. The second-order valence-corrected chi connectivity index (χ2v) is 16.0. The number of hydrogen-bond acceptors (Lipinski definition) is 4. The number of nitrogens with one attached hydrogen (secondary N) is 1. The van der Waals surface area contributed by atoms with Gasteiger partial charge in [-0.25, -0.2) is 9.59 Å². The topological polar surface area (TPSA) is 88.1 Å². The lowest BCUT2D eigenvalue weighted by Crippen LogP contribution is -2.61. The van der Waals surface area contributed by atoms with Crippen LogP contribution in [0.15, 0.2) is 30.3 Å². The van der Waals surface area contributed by atoms with E-state index in [0.717, 1.165) is 5.56 Å². The number of benzene rings is 1. The minimum absolute atomic E-state index is 0.0332. The van der Waals surface area contributed by atoms with E-state index < -0.39 is 26.1 Å². The van der Waals surface area contributed by atoms with Gasteiger partial charge in [0.05, 0.1) is 12.1 Å². The highest BCUT2D eigenvalue weighted by Gasteiger charge is 2.59. The van der Waals surface area contributed by atoms with E-state index in [0.29, 0.717) is 6.54 Å². The summed E-state index contributed by atoms with van der Waals surface area (Å²) in [4.78, 5) is 25.7. The Bertz CT molecular complexity index is 801. The fourth-order valence-electron chi connectivity index (χ4n) is 3.97. The molecule has 1 aromatic rings. The van der Waals surface area contributed by atoms with Crippen molar-refractivity contribution in [3.8, 4) is 0 Å². The number of alkyl carbamates (subject to hydrolysis) is 1. The van der Waals surface area contributed by atoms with Crippen molar-refractivity contribution in [2.75, 3.05) is 19.6 Å². The van der Waals surface area contributed by atoms with E-state index in [1.54, 1.807) is 0 Å². The fourth-order valence-corrected chi connectivity index (χ4v) is 5.73. The molecular weight excluding hydrogens is 424 g/mol. The van der Waals surface area contributed by atoms with Gasteiger partial charge < -0.3 is 24.5 Å². The number of nitrogens with zero attached hydrogens (tertiary/aromatic N) is 1. The Kier molecular flexibility index (Phi) is 7.72. The maximum Gasteiger partial charge on any atom is 0.407 e. The molecule has 2 rings (SSSR count). The van der Waals surface area contributed by atoms with Gasteiger partial charge in [-0.1, -0.05) is 71.9 Å². The molecule has 180 valence electrons. The first kappa shape index (κ1) is 26.2. The van der Waals surface area contributed by atoms with E-state index in [1.807, 2.05) is 30.3 Å². The smallest absolute Gasteiger partial charge is 0.407 e. The van der Waals surface area contributed by atoms with Gasteiger partial charge in [-0.3, -0.25) is 0 Å². The van der Waals surface area contributed by atoms with Crippen molar-refractivity contribution in [3.63, 3.8) is 0 Å². The molecule has 0 unspecified atom stereocenters. The summed E-state index contributed by atoms with van der Waals surface area (Å²) < 4.78 is 12.4. The van der Waals surface area contributed by atoms with Crippen molar-refractivity contribution >= 4 is 20.5 Å². The second-order valence-electron chi connectivity index (χ2n) is 11.3. The third kappa shape index (κ3) is 5.84. The third-order valence-corrected chi connectivity index (χ3v) is 11.5. The first-order valence-electron chi connectivity index (χ1n) is 11.2. The molecule has 0 aromatic heterocycles. The van der Waals surface area contributed by atoms with Gasteiger partial charge in [0.25, 0.3) is 0 Å². The Morgan fingerprint density at radius 2 is 1.75 bits per heavy atom. The predicted molar refractivity (Wildman–Crippen MR) is 128 cm³/mol. The van der Waals surface area contributed by atoms with Crippen molar-refractivity contribution in [3.05, 3.63) is 35.9 Å². The van der Waals surface area contributed by atoms with Crippen LogP contribution in [-0.2, 0) is 15.8 Å². The third-order valence-electron chi connectivity index (χ3n) is 7.02. The number of carboxylic acid groups (broad SMARTS) is 1. The van der Waals surface area contributed by atoms with E-state index in [9.17, 15) is 14.7 Å². The molecule has 1 aromatic carbocycles. The van der Waals surface area contributed by atoms with Gasteiger partial charge in [-0.2, -0.15) is 0 Å². The molecule has 8 heteroatoms. The van der Waals surface area contributed by atoms with Crippen molar-refractivity contribution in [2.24, 2.45) is 11.3 Å². The number of likely N-dealkylation sites (tertiary alicyclic amines) is 1. The van der Waals surface area contributed by atoms with Crippen LogP contribution >= 0.6 is 0 Å². The molecule has 0 spiro atoms. The maximum atomic E-state index is 12.4. The Morgan fingerprint density at radius 1 is 1.16 bits per heavy atom. The lowest BCUT2D eigenvalue weighted by molar-refractivity contribution is -0.0652. The largest absolute Gasteiger partial charge is 0.465 e. The van der Waals surface area contributed by atoms with Gasteiger partial charge in [0.1, 0.15) is 6.61 Å². The van der Waals surface area contributed by atoms with E-state index in [4.69, 9.17) is 9.16 Å². The van der Waals surface area contributed by atoms with Crippen LogP contribution in [0, 0.1) is 11.3 Å². The second kappa shape index (κ2) is 9.43. The van der Waals surface area contributed by atoms with Crippen molar-refractivity contribution in [1.82, 2.24) is 10.2 Å². The van der Waals surface area contributed by atoms with E-state index in [1.165, 1.54) is 4.90 Å². The summed E-state index contributed by atoms with van der Waals surface area (Å²) >= 11 is 0. The summed E-state index contributed by atoms with van der Waals surface area (Å²) in [5.74, 6) is -0.197. The molecule has 0 saturated carbocycles. The highest BCUT2D eigenvalue weighted by Crippen LogP contribution is 2.50. The van der Waals surface area contributed by atoms with Crippen LogP contribution in [0.5, 0.6) is 0 Å². The van der Waals surface area contributed by atoms with Crippen LogP contribution in [0.4, 0.5) is 9.59 Å². The molecule has 0 aliphatic carbocycles. The number of hydrogen-bond donors (Lipinski definition) is 2.